The van der Waals surface area contributed by atoms with Crippen LogP contribution in [0.5, 0.6) is 0 Å². The molecule has 0 aromatic heterocycles. The Balaban J connectivity index is 2.15. The number of amides is 1. The SMILES string of the molecule is CC1CN(S(=O)(=O)c2ccc(C(=O)NC(C)C(=O)O)cc2)CC(C)O1. The summed E-state index contributed by atoms with van der Waals surface area (Å²) in [6, 6.07) is 4.39. The first kappa shape index (κ1) is 19.4. The fraction of sp³-hybridized carbons (Fsp3) is 0.500. The number of hydrogen-bond acceptors (Lipinski definition) is 5. The van der Waals surface area contributed by atoms with E-state index in [4.69, 9.17) is 9.84 Å². The quantitative estimate of drug-likeness (QED) is 0.788. The van der Waals surface area contributed by atoms with Gasteiger partial charge in [-0.1, -0.05) is 0 Å². The van der Waals surface area contributed by atoms with Gasteiger partial charge in [-0.15, -0.1) is 0 Å². The Morgan fingerprint density at radius 1 is 1.20 bits per heavy atom. The van der Waals surface area contributed by atoms with E-state index in [-0.39, 0.29) is 35.8 Å². The molecule has 3 unspecified atom stereocenters. The maximum absolute atomic E-state index is 12.7. The average Bonchev–Trinajstić information content (AvgIpc) is 2.53. The Labute approximate surface area is 146 Å². The Morgan fingerprint density at radius 2 is 1.72 bits per heavy atom. The fourth-order valence-corrected chi connectivity index (χ4v) is 4.19. The van der Waals surface area contributed by atoms with Crippen LogP contribution in [0, 0.1) is 0 Å². The van der Waals surface area contributed by atoms with E-state index in [2.05, 4.69) is 5.32 Å². The first-order valence-corrected chi connectivity index (χ1v) is 9.34. The fourth-order valence-electron chi connectivity index (χ4n) is 2.60. The van der Waals surface area contributed by atoms with Crippen LogP contribution in [0.25, 0.3) is 0 Å². The van der Waals surface area contributed by atoms with Crippen molar-refractivity contribution in [2.45, 2.75) is 43.9 Å². The van der Waals surface area contributed by atoms with Crippen LogP contribution in [0.4, 0.5) is 0 Å². The van der Waals surface area contributed by atoms with E-state index in [1.807, 2.05) is 13.8 Å². The van der Waals surface area contributed by atoms with Crippen molar-refractivity contribution in [2.75, 3.05) is 13.1 Å². The first-order valence-electron chi connectivity index (χ1n) is 7.90. The summed E-state index contributed by atoms with van der Waals surface area (Å²) >= 11 is 0. The van der Waals surface area contributed by atoms with Gasteiger partial charge in [0.2, 0.25) is 10.0 Å². The van der Waals surface area contributed by atoms with Crippen molar-refractivity contribution in [3.05, 3.63) is 29.8 Å². The van der Waals surface area contributed by atoms with Crippen LogP contribution in [0.2, 0.25) is 0 Å². The topological polar surface area (TPSA) is 113 Å². The third-order valence-electron chi connectivity index (χ3n) is 3.86. The number of hydrogen-bond donors (Lipinski definition) is 2. The number of benzene rings is 1. The summed E-state index contributed by atoms with van der Waals surface area (Å²) in [7, 11) is -3.68. The van der Waals surface area contributed by atoms with E-state index in [0.717, 1.165) is 0 Å². The molecule has 1 aromatic rings. The lowest BCUT2D eigenvalue weighted by Crippen LogP contribution is -2.48. The lowest BCUT2D eigenvalue weighted by atomic mass is 10.2. The van der Waals surface area contributed by atoms with Gasteiger partial charge >= 0.3 is 5.97 Å². The van der Waals surface area contributed by atoms with Gasteiger partial charge in [0.1, 0.15) is 6.04 Å². The molecule has 1 saturated heterocycles. The van der Waals surface area contributed by atoms with Crippen LogP contribution >= 0.6 is 0 Å². The summed E-state index contributed by atoms with van der Waals surface area (Å²) in [5.74, 6) is -1.73. The van der Waals surface area contributed by atoms with Gasteiger partial charge in [-0.25, -0.2) is 8.42 Å². The van der Waals surface area contributed by atoms with Crippen LogP contribution in [-0.2, 0) is 19.6 Å². The van der Waals surface area contributed by atoms with Crippen LogP contribution in [0.3, 0.4) is 0 Å². The molecule has 1 amide bonds. The predicted molar refractivity (Wildman–Crippen MR) is 89.8 cm³/mol. The van der Waals surface area contributed by atoms with Gasteiger partial charge in [-0.3, -0.25) is 9.59 Å². The molecule has 1 fully saturated rings. The lowest BCUT2D eigenvalue weighted by molar-refractivity contribution is -0.138. The molecule has 2 N–H and O–H groups in total. The number of aliphatic carboxylic acids is 1. The molecule has 1 heterocycles. The van der Waals surface area contributed by atoms with E-state index < -0.39 is 27.9 Å². The zero-order valence-electron chi connectivity index (χ0n) is 14.3. The van der Waals surface area contributed by atoms with Crippen molar-refractivity contribution >= 4 is 21.9 Å². The Kier molecular flexibility index (Phi) is 5.81. The lowest BCUT2D eigenvalue weighted by Gasteiger charge is -2.34. The van der Waals surface area contributed by atoms with Crippen LogP contribution in [0.15, 0.2) is 29.2 Å². The molecule has 0 aliphatic carbocycles. The van der Waals surface area contributed by atoms with E-state index >= 15 is 0 Å². The molecule has 1 aliphatic heterocycles. The monoisotopic (exact) mass is 370 g/mol. The second kappa shape index (κ2) is 7.51. The smallest absolute Gasteiger partial charge is 0.325 e. The van der Waals surface area contributed by atoms with E-state index in [9.17, 15) is 18.0 Å². The summed E-state index contributed by atoms with van der Waals surface area (Å²) in [6.07, 6.45) is -0.387. The molecule has 9 heteroatoms. The van der Waals surface area contributed by atoms with E-state index in [1.54, 1.807) is 0 Å². The minimum atomic E-state index is -3.68. The maximum Gasteiger partial charge on any atom is 0.325 e. The second-order valence-corrected chi connectivity index (χ2v) is 8.08. The zero-order chi connectivity index (χ0) is 18.8. The molecule has 0 saturated carbocycles. The first-order chi connectivity index (χ1) is 11.6. The van der Waals surface area contributed by atoms with Crippen molar-refractivity contribution in [2.24, 2.45) is 0 Å². The Morgan fingerprint density at radius 3 is 2.20 bits per heavy atom. The van der Waals surface area contributed by atoms with Crippen LogP contribution < -0.4 is 5.32 Å². The number of carboxylic acids is 1. The van der Waals surface area contributed by atoms with Crippen molar-refractivity contribution in [3.8, 4) is 0 Å². The molecule has 0 radical (unpaired) electrons. The molecule has 1 aromatic carbocycles. The predicted octanol–water partition coefficient (Wildman–Crippen LogP) is 0.687. The molecule has 138 valence electrons. The van der Waals surface area contributed by atoms with E-state index in [1.165, 1.54) is 35.5 Å². The van der Waals surface area contributed by atoms with Crippen molar-refractivity contribution in [1.29, 1.82) is 0 Å². The zero-order valence-corrected chi connectivity index (χ0v) is 15.1. The number of carbonyl (C=O) groups is 2. The molecular weight excluding hydrogens is 348 g/mol. The molecule has 2 rings (SSSR count). The second-order valence-electron chi connectivity index (χ2n) is 6.14. The van der Waals surface area contributed by atoms with Gasteiger partial charge < -0.3 is 15.2 Å². The van der Waals surface area contributed by atoms with Crippen molar-refractivity contribution < 1.29 is 27.9 Å². The summed E-state index contributed by atoms with van der Waals surface area (Å²) < 4.78 is 32.4. The summed E-state index contributed by atoms with van der Waals surface area (Å²) in [5, 5.41) is 11.1. The third-order valence-corrected chi connectivity index (χ3v) is 5.70. The van der Waals surface area contributed by atoms with Gasteiger partial charge in [-0.05, 0) is 45.0 Å². The minimum Gasteiger partial charge on any atom is -0.480 e. The highest BCUT2D eigenvalue weighted by Crippen LogP contribution is 2.21. The number of sulfonamides is 1. The summed E-state index contributed by atoms with van der Waals surface area (Å²) in [4.78, 5) is 22.8. The minimum absolute atomic E-state index is 0.0802. The van der Waals surface area contributed by atoms with Crippen molar-refractivity contribution in [1.82, 2.24) is 9.62 Å². The molecular formula is C16H22N2O6S. The summed E-state index contributed by atoms with van der Waals surface area (Å²) in [6.45, 7) is 5.51. The van der Waals surface area contributed by atoms with Crippen LogP contribution in [0.1, 0.15) is 31.1 Å². The molecule has 3 atom stereocenters. The number of carboxylic acid groups (broad SMARTS) is 1. The van der Waals surface area contributed by atoms with Gasteiger partial charge in [0, 0.05) is 18.7 Å². The van der Waals surface area contributed by atoms with Gasteiger partial charge in [0.05, 0.1) is 17.1 Å². The van der Waals surface area contributed by atoms with Crippen molar-refractivity contribution in [3.63, 3.8) is 0 Å². The Hall–Kier alpha value is -1.97. The number of carbonyl (C=O) groups excluding carboxylic acids is 1. The molecule has 25 heavy (non-hydrogen) atoms. The van der Waals surface area contributed by atoms with Crippen LogP contribution in [-0.4, -0.2) is 61.0 Å². The van der Waals surface area contributed by atoms with Gasteiger partial charge in [0.25, 0.3) is 5.91 Å². The highest BCUT2D eigenvalue weighted by molar-refractivity contribution is 7.89. The molecule has 8 nitrogen and oxygen atoms in total. The standard InChI is InChI=1S/C16H22N2O6S/c1-10-8-18(9-11(2)24-10)25(22,23)14-6-4-13(5-7-14)15(19)17-12(3)16(20)21/h4-7,10-12H,8-9H2,1-3H3,(H,17,19)(H,20,21). The van der Waals surface area contributed by atoms with E-state index in [0.29, 0.717) is 0 Å². The average molecular weight is 370 g/mol. The molecule has 1 aliphatic rings. The normalized spacial score (nSPS) is 23.0. The Bertz CT molecular complexity index is 736. The van der Waals surface area contributed by atoms with Gasteiger partial charge in [0.15, 0.2) is 0 Å². The van der Waals surface area contributed by atoms with Gasteiger partial charge in [-0.2, -0.15) is 4.31 Å². The molecule has 0 bridgehead atoms. The number of morpholine rings is 1. The third kappa shape index (κ3) is 4.56. The number of rotatable bonds is 5. The number of ether oxygens (including phenoxy) is 1. The maximum atomic E-state index is 12.7. The highest BCUT2D eigenvalue weighted by atomic mass is 32.2. The highest BCUT2D eigenvalue weighted by Gasteiger charge is 2.32. The molecule has 0 spiro atoms. The summed E-state index contributed by atoms with van der Waals surface area (Å²) in [5.41, 5.74) is 0.191. The largest absolute Gasteiger partial charge is 0.480 e. The number of nitrogens with one attached hydrogen (secondary N) is 1. The number of nitrogens with zero attached hydrogens (tertiary/aromatic N) is 1.